The minimum atomic E-state index is -4.68. The zero-order valence-electron chi connectivity index (χ0n) is 13.0. The third kappa shape index (κ3) is 4.36. The van der Waals surface area contributed by atoms with Crippen molar-refractivity contribution >= 4 is 17.5 Å². The standard InChI is InChI=1S/C15H18F3N3O3/c1-8-4-2-3-5-10(8)20-13(23)14(24)21-11-6-9(15(16,17)18)7-19-12(11)22/h6-8,10H,2-5H2,1H3,(H,19,22)(H,20,23)(H,21,24)/t8-,10-/m1/s1. The van der Waals surface area contributed by atoms with Crippen molar-refractivity contribution in [1.82, 2.24) is 10.3 Å². The molecule has 0 radical (unpaired) electrons. The van der Waals surface area contributed by atoms with E-state index in [1.165, 1.54) is 0 Å². The Labute approximate surface area is 135 Å². The maximum Gasteiger partial charge on any atom is 0.417 e. The highest BCUT2D eigenvalue weighted by molar-refractivity contribution is 6.39. The molecule has 1 fully saturated rings. The summed E-state index contributed by atoms with van der Waals surface area (Å²) in [4.78, 5) is 37.2. The molecular weight excluding hydrogens is 327 g/mol. The number of rotatable bonds is 2. The molecule has 0 aliphatic heterocycles. The number of halogens is 3. The predicted octanol–water partition coefficient (Wildman–Crippen LogP) is 2.03. The number of amides is 2. The van der Waals surface area contributed by atoms with E-state index in [1.807, 2.05) is 17.2 Å². The van der Waals surface area contributed by atoms with E-state index in [0.717, 1.165) is 25.7 Å². The number of carbonyl (C=O) groups is 2. The van der Waals surface area contributed by atoms with Gasteiger partial charge in [-0.1, -0.05) is 19.8 Å². The van der Waals surface area contributed by atoms with Gasteiger partial charge in [-0.15, -0.1) is 0 Å². The second kappa shape index (κ2) is 7.06. The van der Waals surface area contributed by atoms with Crippen molar-refractivity contribution in [1.29, 1.82) is 0 Å². The molecule has 1 saturated carbocycles. The number of aromatic nitrogens is 1. The summed E-state index contributed by atoms with van der Waals surface area (Å²) < 4.78 is 37.9. The number of aromatic amines is 1. The number of hydrogen-bond acceptors (Lipinski definition) is 3. The molecule has 1 heterocycles. The van der Waals surface area contributed by atoms with Gasteiger partial charge in [-0.25, -0.2) is 0 Å². The van der Waals surface area contributed by atoms with Gasteiger partial charge < -0.3 is 15.6 Å². The van der Waals surface area contributed by atoms with E-state index in [1.54, 1.807) is 0 Å². The average molecular weight is 345 g/mol. The normalized spacial score (nSPS) is 21.2. The van der Waals surface area contributed by atoms with Crippen LogP contribution in [0.4, 0.5) is 18.9 Å². The molecule has 1 aromatic heterocycles. The van der Waals surface area contributed by atoms with E-state index in [0.29, 0.717) is 12.3 Å². The fraction of sp³-hybridized carbons (Fsp3) is 0.533. The number of hydrogen-bond donors (Lipinski definition) is 3. The van der Waals surface area contributed by atoms with Crippen LogP contribution in [-0.4, -0.2) is 22.8 Å². The Bertz CT molecular complexity index is 685. The van der Waals surface area contributed by atoms with Crippen LogP contribution in [0, 0.1) is 5.92 Å². The van der Waals surface area contributed by atoms with Gasteiger partial charge in [-0.3, -0.25) is 14.4 Å². The molecule has 0 saturated heterocycles. The Morgan fingerprint density at radius 2 is 1.88 bits per heavy atom. The molecule has 1 aliphatic rings. The highest BCUT2D eigenvalue weighted by Crippen LogP contribution is 2.29. The molecule has 132 valence electrons. The van der Waals surface area contributed by atoms with Crippen molar-refractivity contribution in [3.63, 3.8) is 0 Å². The van der Waals surface area contributed by atoms with Gasteiger partial charge in [0.25, 0.3) is 5.56 Å². The summed E-state index contributed by atoms with van der Waals surface area (Å²) in [5.41, 5.74) is -2.67. The van der Waals surface area contributed by atoms with Crippen LogP contribution in [0.1, 0.15) is 38.2 Å². The molecule has 9 heteroatoms. The molecule has 6 nitrogen and oxygen atoms in total. The quantitative estimate of drug-likeness (QED) is 0.716. The van der Waals surface area contributed by atoms with Gasteiger partial charge in [-0.05, 0) is 24.8 Å². The molecule has 0 spiro atoms. The zero-order chi connectivity index (χ0) is 17.9. The highest BCUT2D eigenvalue weighted by Gasteiger charge is 2.32. The maximum atomic E-state index is 12.6. The Morgan fingerprint density at radius 3 is 2.50 bits per heavy atom. The van der Waals surface area contributed by atoms with E-state index in [-0.39, 0.29) is 12.0 Å². The lowest BCUT2D eigenvalue weighted by Gasteiger charge is -2.29. The van der Waals surface area contributed by atoms with Crippen LogP contribution in [0.25, 0.3) is 0 Å². The SMILES string of the molecule is C[C@@H]1CCCC[C@H]1NC(=O)C(=O)Nc1cc(C(F)(F)F)c[nH]c1=O. The molecule has 3 N–H and O–H groups in total. The van der Waals surface area contributed by atoms with E-state index in [2.05, 4.69) is 5.32 Å². The first-order valence-electron chi connectivity index (χ1n) is 7.60. The number of nitrogens with one attached hydrogen (secondary N) is 3. The van der Waals surface area contributed by atoms with E-state index in [9.17, 15) is 27.6 Å². The first-order chi connectivity index (χ1) is 11.2. The summed E-state index contributed by atoms with van der Waals surface area (Å²) in [6.07, 6.45) is -0.515. The van der Waals surface area contributed by atoms with Crippen LogP contribution in [0.5, 0.6) is 0 Å². The van der Waals surface area contributed by atoms with Gasteiger partial charge in [0.15, 0.2) is 0 Å². The van der Waals surface area contributed by atoms with Gasteiger partial charge in [0.1, 0.15) is 5.69 Å². The molecule has 2 atom stereocenters. The summed E-state index contributed by atoms with van der Waals surface area (Å²) in [7, 11) is 0. The van der Waals surface area contributed by atoms with Crippen LogP contribution in [0.3, 0.4) is 0 Å². The minimum Gasteiger partial charge on any atom is -0.345 e. The van der Waals surface area contributed by atoms with Crippen LogP contribution in [0.15, 0.2) is 17.1 Å². The molecule has 1 aromatic rings. The van der Waals surface area contributed by atoms with E-state index in [4.69, 9.17) is 0 Å². The molecule has 24 heavy (non-hydrogen) atoms. The minimum absolute atomic E-state index is 0.156. The van der Waals surface area contributed by atoms with Crippen LogP contribution < -0.4 is 16.2 Å². The summed E-state index contributed by atoms with van der Waals surface area (Å²) >= 11 is 0. The third-order valence-electron chi connectivity index (χ3n) is 4.11. The third-order valence-corrected chi connectivity index (χ3v) is 4.11. The van der Waals surface area contributed by atoms with Crippen LogP contribution in [0.2, 0.25) is 0 Å². The predicted molar refractivity (Wildman–Crippen MR) is 80.3 cm³/mol. The topological polar surface area (TPSA) is 91.1 Å². The molecular formula is C15H18F3N3O3. The van der Waals surface area contributed by atoms with Gasteiger partial charge in [0.2, 0.25) is 0 Å². The Morgan fingerprint density at radius 1 is 1.21 bits per heavy atom. The van der Waals surface area contributed by atoms with E-state index >= 15 is 0 Å². The number of H-pyrrole nitrogens is 1. The number of alkyl halides is 3. The van der Waals surface area contributed by atoms with Crippen molar-refractivity contribution in [3.8, 4) is 0 Å². The summed E-state index contributed by atoms with van der Waals surface area (Å²) in [5, 5.41) is 4.50. The number of pyridine rings is 1. The van der Waals surface area contributed by atoms with Gasteiger partial charge in [0.05, 0.1) is 5.56 Å². The summed E-state index contributed by atoms with van der Waals surface area (Å²) in [6.45, 7) is 1.96. The average Bonchev–Trinajstić information content (AvgIpc) is 2.50. The Hall–Kier alpha value is -2.32. The largest absolute Gasteiger partial charge is 0.417 e. The first kappa shape index (κ1) is 18.0. The highest BCUT2D eigenvalue weighted by atomic mass is 19.4. The molecule has 0 aromatic carbocycles. The molecule has 0 unspecified atom stereocenters. The van der Waals surface area contributed by atoms with Crippen molar-refractivity contribution in [2.75, 3.05) is 5.32 Å². The van der Waals surface area contributed by atoms with Gasteiger partial charge in [-0.2, -0.15) is 13.2 Å². The summed E-state index contributed by atoms with van der Waals surface area (Å²) in [6, 6.07) is 0.338. The van der Waals surface area contributed by atoms with Gasteiger partial charge in [0, 0.05) is 12.2 Å². The Balaban J connectivity index is 2.06. The zero-order valence-corrected chi connectivity index (χ0v) is 13.0. The second-order valence-electron chi connectivity index (χ2n) is 5.92. The number of carbonyl (C=O) groups excluding carboxylic acids is 2. The number of anilines is 1. The first-order valence-corrected chi connectivity index (χ1v) is 7.60. The summed E-state index contributed by atoms with van der Waals surface area (Å²) in [5.74, 6) is -1.92. The smallest absolute Gasteiger partial charge is 0.345 e. The lowest BCUT2D eigenvalue weighted by atomic mass is 9.86. The van der Waals surface area contributed by atoms with Crippen molar-refractivity contribution < 1.29 is 22.8 Å². The molecule has 0 bridgehead atoms. The second-order valence-corrected chi connectivity index (χ2v) is 5.92. The fourth-order valence-corrected chi connectivity index (χ4v) is 2.68. The van der Waals surface area contributed by atoms with Gasteiger partial charge >= 0.3 is 18.0 Å². The maximum absolute atomic E-state index is 12.6. The molecule has 1 aliphatic carbocycles. The monoisotopic (exact) mass is 345 g/mol. The van der Waals surface area contributed by atoms with Crippen molar-refractivity contribution in [2.45, 2.75) is 44.8 Å². The lowest BCUT2D eigenvalue weighted by molar-refractivity contribution is -0.138. The van der Waals surface area contributed by atoms with Crippen LogP contribution in [-0.2, 0) is 15.8 Å². The van der Waals surface area contributed by atoms with E-state index < -0.39 is 34.8 Å². The molecule has 2 amide bonds. The van der Waals surface area contributed by atoms with Crippen LogP contribution >= 0.6 is 0 Å². The molecule has 2 rings (SSSR count). The fourth-order valence-electron chi connectivity index (χ4n) is 2.68. The van der Waals surface area contributed by atoms with Crippen molar-refractivity contribution in [3.05, 3.63) is 28.2 Å². The Kier molecular flexibility index (Phi) is 5.30. The van der Waals surface area contributed by atoms with Crippen molar-refractivity contribution in [2.24, 2.45) is 5.92 Å². The lowest BCUT2D eigenvalue weighted by Crippen LogP contribution is -2.46.